The van der Waals surface area contributed by atoms with Crippen LogP contribution in [-0.4, -0.2) is 38.0 Å². The van der Waals surface area contributed by atoms with E-state index in [4.69, 9.17) is 14.2 Å². The molecule has 2 aromatic carbocycles. The van der Waals surface area contributed by atoms with Gasteiger partial charge in [0, 0.05) is 11.3 Å². The third-order valence-electron chi connectivity index (χ3n) is 4.27. The Morgan fingerprint density at radius 1 is 1.07 bits per heavy atom. The van der Waals surface area contributed by atoms with Crippen molar-refractivity contribution in [2.75, 3.05) is 25.6 Å². The van der Waals surface area contributed by atoms with E-state index in [1.807, 2.05) is 0 Å². The smallest absolute Gasteiger partial charge is 0.344 e. The van der Waals surface area contributed by atoms with E-state index in [-0.39, 0.29) is 24.2 Å². The molecule has 140 valence electrons. The van der Waals surface area contributed by atoms with Crippen molar-refractivity contribution in [1.29, 1.82) is 0 Å². The van der Waals surface area contributed by atoms with Crippen molar-refractivity contribution in [2.45, 2.75) is 12.8 Å². The Kier molecular flexibility index (Phi) is 5.40. The highest BCUT2D eigenvalue weighted by Gasteiger charge is 2.27. The maximum atomic E-state index is 12.3. The molecule has 0 saturated carbocycles. The molecule has 1 N–H and O–H groups in total. The Bertz CT molecular complexity index is 892. The molecule has 7 heteroatoms. The van der Waals surface area contributed by atoms with Crippen molar-refractivity contribution in [3.05, 3.63) is 53.6 Å². The molecular formula is C20H19NO6. The van der Waals surface area contributed by atoms with Crippen molar-refractivity contribution in [3.8, 4) is 11.5 Å². The second-order valence-corrected chi connectivity index (χ2v) is 6.04. The summed E-state index contributed by atoms with van der Waals surface area (Å²) in [6, 6.07) is 11.8. The van der Waals surface area contributed by atoms with Crippen LogP contribution in [0.1, 0.15) is 28.8 Å². The van der Waals surface area contributed by atoms with Gasteiger partial charge in [0.1, 0.15) is 0 Å². The van der Waals surface area contributed by atoms with Crippen molar-refractivity contribution < 1.29 is 28.6 Å². The molecule has 0 bridgehead atoms. The highest BCUT2D eigenvalue weighted by atomic mass is 16.6. The van der Waals surface area contributed by atoms with Gasteiger partial charge in [-0.1, -0.05) is 12.1 Å². The molecule has 1 heterocycles. The Balaban J connectivity index is 1.53. The van der Waals surface area contributed by atoms with Crippen LogP contribution in [0.5, 0.6) is 11.5 Å². The quantitative estimate of drug-likeness (QED) is 0.596. The van der Waals surface area contributed by atoms with Gasteiger partial charge in [0.05, 0.1) is 13.0 Å². The van der Waals surface area contributed by atoms with Gasteiger partial charge in [-0.05, 0) is 42.8 Å². The molecule has 0 saturated heterocycles. The maximum absolute atomic E-state index is 12.3. The van der Waals surface area contributed by atoms with E-state index in [1.165, 1.54) is 7.11 Å². The lowest BCUT2D eigenvalue weighted by Crippen LogP contribution is -2.19. The lowest BCUT2D eigenvalue weighted by Gasteiger charge is -2.10. The first kappa shape index (κ1) is 18.4. The third-order valence-corrected chi connectivity index (χ3v) is 4.27. The number of hydrogen-bond donors (Lipinski definition) is 1. The number of benzene rings is 2. The van der Waals surface area contributed by atoms with Crippen LogP contribution < -0.4 is 14.8 Å². The van der Waals surface area contributed by atoms with E-state index in [2.05, 4.69) is 5.32 Å². The predicted molar refractivity (Wildman–Crippen MR) is 97.3 cm³/mol. The fourth-order valence-electron chi connectivity index (χ4n) is 2.74. The Morgan fingerprint density at radius 3 is 2.56 bits per heavy atom. The standard InChI is InChI=1S/C20H19NO6/c1-12-14-9-13(7-8-15(14)21-20(12)24)16(22)10-27-19(23)11-26-18-6-4-3-5-17(18)25-2/h3-9,12H,10-11H2,1-2H3,(H,21,24)/t12-/m0/s1. The largest absolute Gasteiger partial charge is 0.493 e. The summed E-state index contributed by atoms with van der Waals surface area (Å²) in [5, 5.41) is 2.74. The van der Waals surface area contributed by atoms with Crippen molar-refractivity contribution in [1.82, 2.24) is 0 Å². The Labute approximate surface area is 156 Å². The summed E-state index contributed by atoms with van der Waals surface area (Å²) >= 11 is 0. The molecule has 0 radical (unpaired) electrons. The highest BCUT2D eigenvalue weighted by Crippen LogP contribution is 2.32. The van der Waals surface area contributed by atoms with Gasteiger partial charge in [0.25, 0.3) is 0 Å². The number of rotatable bonds is 7. The monoisotopic (exact) mass is 369 g/mol. The molecule has 0 unspecified atom stereocenters. The van der Waals surface area contributed by atoms with Crippen LogP contribution in [0.15, 0.2) is 42.5 Å². The number of hydrogen-bond acceptors (Lipinski definition) is 6. The summed E-state index contributed by atoms with van der Waals surface area (Å²) in [5.74, 6) is -0.528. The summed E-state index contributed by atoms with van der Waals surface area (Å²) in [6.07, 6.45) is 0. The molecule has 1 aliphatic rings. The summed E-state index contributed by atoms with van der Waals surface area (Å²) in [4.78, 5) is 35.8. The summed E-state index contributed by atoms with van der Waals surface area (Å²) in [5.41, 5.74) is 1.85. The minimum Gasteiger partial charge on any atom is -0.493 e. The Hall–Kier alpha value is -3.35. The molecule has 0 aromatic heterocycles. The van der Waals surface area contributed by atoms with Gasteiger partial charge in [0.2, 0.25) is 5.91 Å². The van der Waals surface area contributed by atoms with Crippen molar-refractivity contribution in [3.63, 3.8) is 0 Å². The van der Waals surface area contributed by atoms with Crippen LogP contribution in [0.25, 0.3) is 0 Å². The maximum Gasteiger partial charge on any atom is 0.344 e. The molecule has 7 nitrogen and oxygen atoms in total. The molecule has 27 heavy (non-hydrogen) atoms. The number of nitrogens with one attached hydrogen (secondary N) is 1. The molecule has 0 aliphatic carbocycles. The van der Waals surface area contributed by atoms with E-state index in [9.17, 15) is 14.4 Å². The number of fused-ring (bicyclic) bond motifs is 1. The van der Waals surface area contributed by atoms with Crippen molar-refractivity contribution >= 4 is 23.3 Å². The van der Waals surface area contributed by atoms with Gasteiger partial charge >= 0.3 is 5.97 Å². The number of Topliss-reactive ketones (excluding diaryl/α,β-unsaturated/α-hetero) is 1. The van der Waals surface area contributed by atoms with Crippen LogP contribution in [0.3, 0.4) is 0 Å². The number of esters is 1. The van der Waals surface area contributed by atoms with Gasteiger partial charge in [-0.25, -0.2) is 4.79 Å². The molecule has 3 rings (SSSR count). The first-order chi connectivity index (χ1) is 13.0. The van der Waals surface area contributed by atoms with Gasteiger partial charge in [0.15, 0.2) is 30.5 Å². The minimum atomic E-state index is -0.666. The molecule has 0 spiro atoms. The zero-order chi connectivity index (χ0) is 19.4. The van der Waals surface area contributed by atoms with E-state index >= 15 is 0 Å². The molecule has 1 atom stereocenters. The fourth-order valence-corrected chi connectivity index (χ4v) is 2.74. The average Bonchev–Trinajstić information content (AvgIpc) is 2.98. The normalized spacial score (nSPS) is 14.9. The average molecular weight is 369 g/mol. The molecule has 1 amide bonds. The first-order valence-electron chi connectivity index (χ1n) is 8.39. The minimum absolute atomic E-state index is 0.102. The van der Waals surface area contributed by atoms with E-state index in [0.717, 1.165) is 5.56 Å². The van der Waals surface area contributed by atoms with Gasteiger partial charge in [-0.15, -0.1) is 0 Å². The van der Waals surface area contributed by atoms with E-state index in [0.29, 0.717) is 22.7 Å². The number of para-hydroxylation sites is 2. The topological polar surface area (TPSA) is 90.9 Å². The van der Waals surface area contributed by atoms with Crippen LogP contribution in [0.4, 0.5) is 5.69 Å². The van der Waals surface area contributed by atoms with Crippen LogP contribution >= 0.6 is 0 Å². The molecule has 1 aliphatic heterocycles. The van der Waals surface area contributed by atoms with Crippen molar-refractivity contribution in [2.24, 2.45) is 0 Å². The summed E-state index contributed by atoms with van der Waals surface area (Å²) < 4.78 is 15.5. The molecular weight excluding hydrogens is 350 g/mol. The van der Waals surface area contributed by atoms with Gasteiger partial charge in [-0.2, -0.15) is 0 Å². The number of ketones is 1. The first-order valence-corrected chi connectivity index (χ1v) is 8.39. The predicted octanol–water partition coefficient (Wildman–Crippen LogP) is 2.56. The number of methoxy groups -OCH3 is 1. The Morgan fingerprint density at radius 2 is 1.81 bits per heavy atom. The lowest BCUT2D eigenvalue weighted by atomic mass is 9.99. The van der Waals surface area contributed by atoms with E-state index in [1.54, 1.807) is 49.4 Å². The number of amides is 1. The number of carbonyl (C=O) groups is 3. The second-order valence-electron chi connectivity index (χ2n) is 6.04. The van der Waals surface area contributed by atoms with Gasteiger partial charge in [-0.3, -0.25) is 9.59 Å². The summed E-state index contributed by atoms with van der Waals surface area (Å²) in [6.45, 7) is 1.03. The zero-order valence-electron chi connectivity index (χ0n) is 15.0. The number of anilines is 1. The number of carbonyl (C=O) groups excluding carboxylic acids is 3. The highest BCUT2D eigenvalue weighted by molar-refractivity contribution is 6.05. The zero-order valence-corrected chi connectivity index (χ0v) is 15.0. The molecule has 2 aromatic rings. The van der Waals surface area contributed by atoms with Crippen LogP contribution in [0.2, 0.25) is 0 Å². The SMILES string of the molecule is COc1ccccc1OCC(=O)OCC(=O)c1ccc2c(c1)[C@H](C)C(=O)N2. The van der Waals surface area contributed by atoms with Gasteiger partial charge < -0.3 is 19.5 Å². The van der Waals surface area contributed by atoms with Crippen LogP contribution in [0, 0.1) is 0 Å². The molecule has 0 fully saturated rings. The fraction of sp³-hybridized carbons (Fsp3) is 0.250. The number of ether oxygens (including phenoxy) is 3. The lowest BCUT2D eigenvalue weighted by molar-refractivity contribution is -0.144. The van der Waals surface area contributed by atoms with E-state index < -0.39 is 12.6 Å². The third kappa shape index (κ3) is 4.08. The summed E-state index contributed by atoms with van der Waals surface area (Å²) in [7, 11) is 1.50. The van der Waals surface area contributed by atoms with Crippen LogP contribution in [-0.2, 0) is 14.3 Å². The second kappa shape index (κ2) is 7.90.